The number of aryl methyl sites for hydroxylation is 1. The van der Waals surface area contributed by atoms with Crippen molar-refractivity contribution in [2.45, 2.75) is 26.2 Å². The number of carbonyl (C=O) groups excluding carboxylic acids is 1. The highest BCUT2D eigenvalue weighted by atomic mass is 32.1. The van der Waals surface area contributed by atoms with E-state index in [4.69, 9.17) is 5.11 Å². The van der Waals surface area contributed by atoms with Crippen LogP contribution < -0.4 is 5.32 Å². The number of nitrogens with zero attached hydrogens (tertiary/aromatic N) is 1. The lowest BCUT2D eigenvalue weighted by atomic mass is 10.1. The van der Waals surface area contributed by atoms with Crippen LogP contribution in [0.5, 0.6) is 0 Å². The summed E-state index contributed by atoms with van der Waals surface area (Å²) >= 11 is 1.43. The van der Waals surface area contributed by atoms with E-state index in [2.05, 4.69) is 10.3 Å². The van der Waals surface area contributed by atoms with E-state index < -0.39 is 5.97 Å². The molecule has 0 unspecified atom stereocenters. The fourth-order valence-electron chi connectivity index (χ4n) is 1.87. The summed E-state index contributed by atoms with van der Waals surface area (Å²) in [6, 6.07) is 9.78. The number of aromatic nitrogens is 1. The van der Waals surface area contributed by atoms with Crippen LogP contribution in [0.2, 0.25) is 0 Å². The zero-order valence-corrected chi connectivity index (χ0v) is 12.4. The normalized spacial score (nSPS) is 10.3. The van der Waals surface area contributed by atoms with Gasteiger partial charge in [0, 0.05) is 16.9 Å². The molecule has 2 rings (SSSR count). The van der Waals surface area contributed by atoms with Gasteiger partial charge in [0.05, 0.1) is 12.1 Å². The van der Waals surface area contributed by atoms with Gasteiger partial charge in [-0.15, -0.1) is 11.3 Å². The Morgan fingerprint density at radius 3 is 2.57 bits per heavy atom. The Balaban J connectivity index is 2.14. The van der Waals surface area contributed by atoms with E-state index in [9.17, 15) is 9.59 Å². The second-order valence-electron chi connectivity index (χ2n) is 4.45. The van der Waals surface area contributed by atoms with E-state index in [0.717, 1.165) is 22.6 Å². The molecule has 0 radical (unpaired) electrons. The summed E-state index contributed by atoms with van der Waals surface area (Å²) in [5.41, 5.74) is 1.88. The summed E-state index contributed by atoms with van der Waals surface area (Å²) in [5.74, 6) is -1.31. The molecule has 0 saturated carbocycles. The first-order valence-electron chi connectivity index (χ1n) is 6.67. The molecule has 0 aliphatic carbocycles. The van der Waals surface area contributed by atoms with Crippen LogP contribution >= 0.6 is 11.3 Å². The average Bonchev–Trinajstić information content (AvgIpc) is 2.89. The maximum Gasteiger partial charge on any atom is 0.303 e. The highest BCUT2D eigenvalue weighted by molar-refractivity contribution is 7.16. The largest absolute Gasteiger partial charge is 0.481 e. The zero-order chi connectivity index (χ0) is 15.2. The molecule has 0 bridgehead atoms. The van der Waals surface area contributed by atoms with Gasteiger partial charge in [-0.25, -0.2) is 4.98 Å². The van der Waals surface area contributed by atoms with Gasteiger partial charge in [-0.3, -0.25) is 9.59 Å². The summed E-state index contributed by atoms with van der Waals surface area (Å²) in [7, 11) is 0. The zero-order valence-electron chi connectivity index (χ0n) is 11.6. The third kappa shape index (κ3) is 4.13. The van der Waals surface area contributed by atoms with Gasteiger partial charge in [0.1, 0.15) is 0 Å². The number of carboxylic acid groups (broad SMARTS) is 1. The fourth-order valence-corrected chi connectivity index (χ4v) is 2.81. The van der Waals surface area contributed by atoms with Crippen molar-refractivity contribution in [3.8, 4) is 11.3 Å². The van der Waals surface area contributed by atoms with Gasteiger partial charge in [0.15, 0.2) is 5.13 Å². The number of amides is 1. The second-order valence-corrected chi connectivity index (χ2v) is 5.54. The number of rotatable bonds is 6. The number of hydrogen-bond acceptors (Lipinski definition) is 4. The molecule has 110 valence electrons. The number of hydrogen-bond donors (Lipinski definition) is 2. The fraction of sp³-hybridized carbons (Fsp3) is 0.267. The third-order valence-electron chi connectivity index (χ3n) is 2.88. The first-order valence-corrected chi connectivity index (χ1v) is 7.48. The number of carboxylic acids is 1. The lowest BCUT2D eigenvalue weighted by molar-refractivity contribution is -0.138. The lowest BCUT2D eigenvalue weighted by Gasteiger charge is -1.99. The molecule has 5 nitrogen and oxygen atoms in total. The highest BCUT2D eigenvalue weighted by Gasteiger charge is 2.14. The number of aliphatic carboxylic acids is 1. The molecule has 0 saturated heterocycles. The van der Waals surface area contributed by atoms with E-state index in [1.54, 1.807) is 0 Å². The van der Waals surface area contributed by atoms with Gasteiger partial charge in [0.25, 0.3) is 0 Å². The average molecular weight is 304 g/mol. The molecule has 1 aromatic heterocycles. The van der Waals surface area contributed by atoms with Crippen molar-refractivity contribution in [2.75, 3.05) is 5.32 Å². The van der Waals surface area contributed by atoms with Crippen LogP contribution in [0.4, 0.5) is 5.13 Å². The van der Waals surface area contributed by atoms with Crippen LogP contribution in [0.15, 0.2) is 30.3 Å². The van der Waals surface area contributed by atoms with Crippen LogP contribution in [-0.4, -0.2) is 22.0 Å². The summed E-state index contributed by atoms with van der Waals surface area (Å²) in [4.78, 5) is 27.7. The minimum atomic E-state index is -0.983. The molecule has 2 aromatic rings. The van der Waals surface area contributed by atoms with Gasteiger partial charge >= 0.3 is 5.97 Å². The molecule has 1 amide bonds. The van der Waals surface area contributed by atoms with E-state index in [1.165, 1.54) is 11.3 Å². The Morgan fingerprint density at radius 1 is 1.24 bits per heavy atom. The van der Waals surface area contributed by atoms with Crippen molar-refractivity contribution in [2.24, 2.45) is 0 Å². The van der Waals surface area contributed by atoms with Crippen LogP contribution in [0.3, 0.4) is 0 Å². The maximum absolute atomic E-state index is 11.7. The van der Waals surface area contributed by atoms with E-state index in [0.29, 0.717) is 5.13 Å². The Bertz CT molecular complexity index is 638. The van der Waals surface area contributed by atoms with Crippen molar-refractivity contribution in [1.82, 2.24) is 4.98 Å². The number of anilines is 1. The molecule has 0 spiro atoms. The first-order chi connectivity index (χ1) is 10.1. The molecule has 1 heterocycles. The topological polar surface area (TPSA) is 79.3 Å². The van der Waals surface area contributed by atoms with Gasteiger partial charge in [0.2, 0.25) is 5.91 Å². The number of nitrogens with one attached hydrogen (secondary N) is 1. The quantitative estimate of drug-likeness (QED) is 0.859. The maximum atomic E-state index is 11.7. The predicted molar refractivity (Wildman–Crippen MR) is 82.4 cm³/mol. The minimum absolute atomic E-state index is 0.0446. The van der Waals surface area contributed by atoms with Crippen molar-refractivity contribution >= 4 is 28.3 Å². The van der Waals surface area contributed by atoms with Crippen LogP contribution in [0.1, 0.15) is 24.6 Å². The Morgan fingerprint density at radius 2 is 1.95 bits per heavy atom. The third-order valence-corrected chi connectivity index (χ3v) is 3.99. The molecular formula is C15H16N2O3S. The van der Waals surface area contributed by atoms with Crippen molar-refractivity contribution < 1.29 is 14.7 Å². The number of benzene rings is 1. The Hall–Kier alpha value is -2.21. The monoisotopic (exact) mass is 304 g/mol. The van der Waals surface area contributed by atoms with Crippen molar-refractivity contribution in [3.05, 3.63) is 35.2 Å². The Labute approximate surface area is 126 Å². The van der Waals surface area contributed by atoms with Crippen LogP contribution in [0, 0.1) is 0 Å². The summed E-state index contributed by atoms with van der Waals surface area (Å²) in [5, 5.41) is 11.8. The molecule has 21 heavy (non-hydrogen) atoms. The standard InChI is InChI=1S/C15H16N2O3S/c1-2-11-14(10-6-4-3-5-7-10)17-15(21-11)16-12(18)8-9-13(19)20/h3-7H,2,8-9H2,1H3,(H,19,20)(H,16,17,18). The molecular weight excluding hydrogens is 288 g/mol. The molecule has 0 fully saturated rings. The lowest BCUT2D eigenvalue weighted by Crippen LogP contribution is -2.12. The van der Waals surface area contributed by atoms with Gasteiger partial charge in [-0.05, 0) is 6.42 Å². The molecule has 0 atom stereocenters. The van der Waals surface area contributed by atoms with E-state index in [1.807, 2.05) is 37.3 Å². The van der Waals surface area contributed by atoms with Crippen molar-refractivity contribution in [1.29, 1.82) is 0 Å². The minimum Gasteiger partial charge on any atom is -0.481 e. The Kier molecular flexibility index (Phi) is 5.05. The second kappa shape index (κ2) is 6.99. The van der Waals surface area contributed by atoms with E-state index in [-0.39, 0.29) is 18.7 Å². The highest BCUT2D eigenvalue weighted by Crippen LogP contribution is 2.31. The predicted octanol–water partition coefficient (Wildman–Crippen LogP) is 3.18. The SMILES string of the molecule is CCc1sc(NC(=O)CCC(=O)O)nc1-c1ccccc1. The smallest absolute Gasteiger partial charge is 0.303 e. The number of carbonyl (C=O) groups is 2. The summed E-state index contributed by atoms with van der Waals surface area (Å²) in [6.45, 7) is 2.04. The summed E-state index contributed by atoms with van der Waals surface area (Å²) < 4.78 is 0. The molecule has 2 N–H and O–H groups in total. The van der Waals surface area contributed by atoms with Crippen LogP contribution in [0.25, 0.3) is 11.3 Å². The van der Waals surface area contributed by atoms with Gasteiger partial charge in [-0.2, -0.15) is 0 Å². The number of thiazole rings is 1. The summed E-state index contributed by atoms with van der Waals surface area (Å²) in [6.07, 6.45) is 0.604. The van der Waals surface area contributed by atoms with Gasteiger partial charge in [-0.1, -0.05) is 37.3 Å². The van der Waals surface area contributed by atoms with Crippen molar-refractivity contribution in [3.63, 3.8) is 0 Å². The van der Waals surface area contributed by atoms with Gasteiger partial charge < -0.3 is 10.4 Å². The first kappa shape index (κ1) is 15.2. The van der Waals surface area contributed by atoms with Crippen LogP contribution in [-0.2, 0) is 16.0 Å². The molecule has 1 aromatic carbocycles. The van der Waals surface area contributed by atoms with E-state index >= 15 is 0 Å². The molecule has 0 aliphatic heterocycles. The molecule has 0 aliphatic rings. The molecule has 6 heteroatoms.